The van der Waals surface area contributed by atoms with Crippen molar-refractivity contribution in [1.29, 1.82) is 0 Å². The van der Waals surface area contributed by atoms with Gasteiger partial charge in [-0.3, -0.25) is 4.79 Å². The topological polar surface area (TPSA) is 74.3 Å². The van der Waals surface area contributed by atoms with E-state index < -0.39 is 0 Å². The zero-order valence-electron chi connectivity index (χ0n) is 12.1. The fraction of sp³-hybridized carbons (Fsp3) is 0.267. The van der Waals surface area contributed by atoms with Gasteiger partial charge in [-0.2, -0.15) is 0 Å². The molecule has 2 aromatic rings. The summed E-state index contributed by atoms with van der Waals surface area (Å²) in [5.74, 6) is -0.0601. The number of anilines is 1. The molecule has 0 aliphatic carbocycles. The van der Waals surface area contributed by atoms with Crippen LogP contribution in [0.3, 0.4) is 0 Å². The maximum absolute atomic E-state index is 12.2. The summed E-state index contributed by atoms with van der Waals surface area (Å²) < 4.78 is 0. The van der Waals surface area contributed by atoms with E-state index in [9.17, 15) is 9.59 Å². The Kier molecular flexibility index (Phi) is 4.06. The van der Waals surface area contributed by atoms with E-state index in [1.807, 2.05) is 30.3 Å². The summed E-state index contributed by atoms with van der Waals surface area (Å²) in [6, 6.07) is 9.41. The summed E-state index contributed by atoms with van der Waals surface area (Å²) in [6.07, 6.45) is 0. The lowest BCUT2D eigenvalue weighted by Gasteiger charge is -2.25. The summed E-state index contributed by atoms with van der Waals surface area (Å²) in [7, 11) is 1.76. The molecule has 1 aromatic heterocycles. The number of thiazole rings is 1. The van der Waals surface area contributed by atoms with Crippen LogP contribution in [0.2, 0.25) is 0 Å². The number of hydrogen-bond donors (Lipinski definition) is 2. The lowest BCUT2D eigenvalue weighted by atomic mass is 10.2. The monoisotopic (exact) mass is 316 g/mol. The molecule has 0 unspecified atom stereocenters. The minimum Gasteiger partial charge on any atom is -0.365 e. The molecule has 6 nitrogen and oxygen atoms in total. The van der Waals surface area contributed by atoms with E-state index in [0.29, 0.717) is 28.8 Å². The van der Waals surface area contributed by atoms with Gasteiger partial charge in [-0.15, -0.1) is 0 Å². The Hall–Kier alpha value is -2.41. The number of ketones is 1. The fourth-order valence-electron chi connectivity index (χ4n) is 2.29. The molecule has 114 valence electrons. The molecule has 0 bridgehead atoms. The first kappa shape index (κ1) is 14.5. The zero-order valence-corrected chi connectivity index (χ0v) is 12.9. The number of nitrogens with zero attached hydrogens (tertiary/aromatic N) is 2. The molecule has 1 aromatic carbocycles. The molecule has 0 saturated heterocycles. The molecule has 0 saturated carbocycles. The van der Waals surface area contributed by atoms with Crippen molar-refractivity contribution >= 4 is 28.3 Å². The van der Waals surface area contributed by atoms with Crippen molar-refractivity contribution in [2.45, 2.75) is 13.1 Å². The Morgan fingerprint density at radius 3 is 2.82 bits per heavy atom. The Morgan fingerprint density at radius 1 is 1.32 bits per heavy atom. The number of carbonyl (C=O) groups excluding carboxylic acids is 2. The zero-order chi connectivity index (χ0) is 15.5. The summed E-state index contributed by atoms with van der Waals surface area (Å²) >= 11 is 1.34. The number of benzene rings is 1. The molecule has 2 heterocycles. The second-order valence-electron chi connectivity index (χ2n) is 4.97. The Morgan fingerprint density at radius 2 is 2.09 bits per heavy atom. The van der Waals surface area contributed by atoms with E-state index in [2.05, 4.69) is 15.6 Å². The van der Waals surface area contributed by atoms with Crippen molar-refractivity contribution in [2.24, 2.45) is 0 Å². The van der Waals surface area contributed by atoms with Crippen molar-refractivity contribution in [2.75, 3.05) is 18.9 Å². The highest BCUT2D eigenvalue weighted by molar-refractivity contribution is 7.17. The third-order valence-corrected chi connectivity index (χ3v) is 4.57. The van der Waals surface area contributed by atoms with Gasteiger partial charge in [-0.25, -0.2) is 9.78 Å². The van der Waals surface area contributed by atoms with E-state index in [1.165, 1.54) is 16.2 Å². The van der Waals surface area contributed by atoms with Crippen LogP contribution in [-0.2, 0) is 13.1 Å². The Bertz CT molecular complexity index is 699. The van der Waals surface area contributed by atoms with Gasteiger partial charge in [-0.05, 0) is 5.56 Å². The molecule has 22 heavy (non-hydrogen) atoms. The maximum atomic E-state index is 12.2. The predicted molar refractivity (Wildman–Crippen MR) is 85.1 cm³/mol. The van der Waals surface area contributed by atoms with Crippen molar-refractivity contribution in [3.8, 4) is 0 Å². The van der Waals surface area contributed by atoms with Gasteiger partial charge in [0.25, 0.3) is 0 Å². The molecular formula is C15H16N4O2S. The van der Waals surface area contributed by atoms with Gasteiger partial charge in [0.1, 0.15) is 0 Å². The number of rotatable bonds is 3. The maximum Gasteiger partial charge on any atom is 0.318 e. The van der Waals surface area contributed by atoms with Crippen LogP contribution in [0.15, 0.2) is 30.3 Å². The third kappa shape index (κ3) is 2.94. The smallest absolute Gasteiger partial charge is 0.318 e. The van der Waals surface area contributed by atoms with Crippen LogP contribution < -0.4 is 10.6 Å². The molecule has 2 amide bonds. The number of nitrogens with one attached hydrogen (secondary N) is 2. The number of hydrogen-bond acceptors (Lipinski definition) is 5. The molecule has 0 atom stereocenters. The van der Waals surface area contributed by atoms with Crippen LogP contribution in [0.25, 0.3) is 0 Å². The summed E-state index contributed by atoms with van der Waals surface area (Å²) in [5, 5.41) is 6.47. The lowest BCUT2D eigenvalue weighted by Crippen LogP contribution is -2.44. The van der Waals surface area contributed by atoms with E-state index in [1.54, 1.807) is 7.05 Å². The predicted octanol–water partition coefficient (Wildman–Crippen LogP) is 2.09. The van der Waals surface area contributed by atoms with Crippen LogP contribution in [0.5, 0.6) is 0 Å². The molecule has 1 aliphatic heterocycles. The minimum absolute atomic E-state index is 0.0601. The Labute approximate surface area is 132 Å². The quantitative estimate of drug-likeness (QED) is 0.909. The van der Waals surface area contributed by atoms with E-state index >= 15 is 0 Å². The number of urea groups is 1. The fourth-order valence-corrected chi connectivity index (χ4v) is 3.15. The molecular weight excluding hydrogens is 300 g/mol. The van der Waals surface area contributed by atoms with E-state index in [4.69, 9.17) is 0 Å². The van der Waals surface area contributed by atoms with Crippen molar-refractivity contribution in [3.05, 3.63) is 46.5 Å². The van der Waals surface area contributed by atoms with Gasteiger partial charge < -0.3 is 15.5 Å². The molecule has 2 N–H and O–H groups in total. The average molecular weight is 316 g/mol. The van der Waals surface area contributed by atoms with Gasteiger partial charge in [0.15, 0.2) is 10.9 Å². The first-order valence-electron chi connectivity index (χ1n) is 6.94. The minimum atomic E-state index is -0.248. The van der Waals surface area contributed by atoms with Crippen LogP contribution in [-0.4, -0.2) is 35.3 Å². The SMILES string of the molecule is CNc1nc2c(s1)C(=O)CN(C(=O)NCc1ccccc1)C2. The number of amides is 2. The number of Topliss-reactive ketones (excluding diaryl/α,β-unsaturated/α-hetero) is 1. The largest absolute Gasteiger partial charge is 0.365 e. The summed E-state index contributed by atoms with van der Waals surface area (Å²) in [6.45, 7) is 0.898. The number of carbonyl (C=O) groups is 2. The van der Waals surface area contributed by atoms with Crippen molar-refractivity contribution < 1.29 is 9.59 Å². The van der Waals surface area contributed by atoms with Gasteiger partial charge in [0.05, 0.1) is 23.7 Å². The Balaban J connectivity index is 1.66. The highest BCUT2D eigenvalue weighted by Crippen LogP contribution is 2.27. The first-order valence-corrected chi connectivity index (χ1v) is 7.76. The van der Waals surface area contributed by atoms with Crippen LogP contribution in [0.4, 0.5) is 9.93 Å². The van der Waals surface area contributed by atoms with Crippen LogP contribution in [0.1, 0.15) is 20.9 Å². The van der Waals surface area contributed by atoms with Gasteiger partial charge in [0, 0.05) is 13.6 Å². The molecule has 3 rings (SSSR count). The number of aromatic nitrogens is 1. The van der Waals surface area contributed by atoms with Gasteiger partial charge in [-0.1, -0.05) is 41.7 Å². The second kappa shape index (κ2) is 6.15. The van der Waals surface area contributed by atoms with Crippen LogP contribution in [0, 0.1) is 0 Å². The highest BCUT2D eigenvalue weighted by Gasteiger charge is 2.29. The molecule has 0 radical (unpaired) electrons. The molecule has 0 spiro atoms. The van der Waals surface area contributed by atoms with Crippen molar-refractivity contribution in [3.63, 3.8) is 0 Å². The van der Waals surface area contributed by atoms with E-state index in [-0.39, 0.29) is 18.4 Å². The van der Waals surface area contributed by atoms with Crippen LogP contribution >= 0.6 is 11.3 Å². The van der Waals surface area contributed by atoms with Gasteiger partial charge >= 0.3 is 6.03 Å². The summed E-state index contributed by atoms with van der Waals surface area (Å²) in [4.78, 5) is 30.8. The molecule has 0 fully saturated rings. The lowest BCUT2D eigenvalue weighted by molar-refractivity contribution is 0.0922. The van der Waals surface area contributed by atoms with Gasteiger partial charge in [0.2, 0.25) is 0 Å². The highest BCUT2D eigenvalue weighted by atomic mass is 32.1. The normalized spacial score (nSPS) is 13.7. The molecule has 7 heteroatoms. The van der Waals surface area contributed by atoms with E-state index in [0.717, 1.165) is 5.56 Å². The number of fused-ring (bicyclic) bond motifs is 1. The van der Waals surface area contributed by atoms with Crippen molar-refractivity contribution in [1.82, 2.24) is 15.2 Å². The first-order chi connectivity index (χ1) is 10.7. The molecule has 1 aliphatic rings. The third-order valence-electron chi connectivity index (χ3n) is 3.41. The standard InChI is InChI=1S/C15H16N4O2S/c1-16-14-18-11-8-19(9-12(20)13(11)22-14)15(21)17-7-10-5-3-2-4-6-10/h2-6H,7-9H2,1H3,(H,16,18)(H,17,21). The second-order valence-corrected chi connectivity index (χ2v) is 5.97. The summed E-state index contributed by atoms with van der Waals surface area (Å²) in [5.41, 5.74) is 1.69. The average Bonchev–Trinajstić information content (AvgIpc) is 2.97.